The van der Waals surface area contributed by atoms with Crippen LogP contribution >= 0.6 is 0 Å². The van der Waals surface area contributed by atoms with E-state index >= 15 is 0 Å². The fraction of sp³-hybridized carbons (Fsp3) is 0.333. The fourth-order valence-electron chi connectivity index (χ4n) is 2.32. The Balaban J connectivity index is 2.86. The number of anilines is 1. The molecule has 0 heterocycles. The molecule has 0 saturated carbocycles. The molecule has 2 aromatic carbocycles. The maximum absolute atomic E-state index is 2.48. The van der Waals surface area contributed by atoms with E-state index in [9.17, 15) is 0 Å². The molecule has 0 aromatic heterocycles. The van der Waals surface area contributed by atoms with Gasteiger partial charge in [0.1, 0.15) is 0 Å². The van der Waals surface area contributed by atoms with Crippen LogP contribution in [0.3, 0.4) is 0 Å². The number of nitrogens with zero attached hydrogens (tertiary/aromatic N) is 1. The first-order valence-electron chi connectivity index (χ1n) is 6.11. The van der Waals surface area contributed by atoms with Crippen LogP contribution in [-0.4, -0.2) is 32.5 Å². The molecule has 0 radical (unpaired) electrons. The molecule has 0 N–H and O–H groups in total. The Labute approximate surface area is 108 Å². The van der Waals surface area contributed by atoms with Crippen molar-refractivity contribution < 1.29 is 0 Å². The van der Waals surface area contributed by atoms with Crippen LogP contribution in [-0.2, 0) is 0 Å². The zero-order valence-corrected chi connectivity index (χ0v) is 14.3. The summed E-state index contributed by atoms with van der Waals surface area (Å²) < 4.78 is 1.63. The fourth-order valence-corrected chi connectivity index (χ4v) is 6.94. The summed E-state index contributed by atoms with van der Waals surface area (Å²) in [6.07, 6.45) is 0. The van der Waals surface area contributed by atoms with Crippen LogP contribution in [0, 0.1) is 0 Å². The average molecular weight is 334 g/mol. The van der Waals surface area contributed by atoms with Crippen molar-refractivity contribution in [2.45, 2.75) is 14.8 Å². The third-order valence-corrected chi connectivity index (χ3v) is 8.97. The molecule has 0 atom stereocenters. The standard InChI is InChI=1S/C12H12N.3CH3.Sn/c1-13(2)12-9-5-7-10-6-3-4-8-11(10)12;;;;/h3-7,9H,1-2H3;3*1H3;. The number of hydrogen-bond donors (Lipinski definition) is 0. The zero-order chi connectivity index (χ0) is 12.6. The van der Waals surface area contributed by atoms with Gasteiger partial charge < -0.3 is 0 Å². The molecule has 0 spiro atoms. The van der Waals surface area contributed by atoms with E-state index in [0.29, 0.717) is 0 Å². The second kappa shape index (κ2) is 4.52. The van der Waals surface area contributed by atoms with Gasteiger partial charge in [-0.2, -0.15) is 0 Å². The number of hydrogen-bond acceptors (Lipinski definition) is 1. The van der Waals surface area contributed by atoms with Crippen molar-refractivity contribution >= 4 is 38.4 Å². The summed E-state index contributed by atoms with van der Waals surface area (Å²) in [5.74, 6) is 0. The SMILES string of the molecule is CN(C)c1cccc2ccc[c]([Sn]([CH3])([CH3])[CH3])c12. The number of fused-ring (bicyclic) bond motifs is 1. The van der Waals surface area contributed by atoms with Gasteiger partial charge in [-0.05, 0) is 0 Å². The van der Waals surface area contributed by atoms with E-state index in [-0.39, 0.29) is 0 Å². The van der Waals surface area contributed by atoms with Gasteiger partial charge in [0.2, 0.25) is 0 Å². The Morgan fingerprint density at radius 3 is 2.00 bits per heavy atom. The Morgan fingerprint density at radius 2 is 1.47 bits per heavy atom. The van der Waals surface area contributed by atoms with E-state index in [0.717, 1.165) is 0 Å². The molecule has 0 saturated heterocycles. The summed E-state index contributed by atoms with van der Waals surface area (Å²) in [7, 11) is 4.26. The molecule has 0 bridgehead atoms. The van der Waals surface area contributed by atoms with Gasteiger partial charge in [0.15, 0.2) is 0 Å². The molecular weight excluding hydrogens is 313 g/mol. The minimum absolute atomic E-state index is 1.35. The number of benzene rings is 2. The van der Waals surface area contributed by atoms with Crippen LogP contribution in [0.25, 0.3) is 10.8 Å². The Kier molecular flexibility index (Phi) is 3.39. The van der Waals surface area contributed by atoms with Crippen molar-refractivity contribution in [1.82, 2.24) is 0 Å². The normalized spacial score (nSPS) is 11.8. The molecule has 17 heavy (non-hydrogen) atoms. The van der Waals surface area contributed by atoms with Gasteiger partial charge in [-0.3, -0.25) is 0 Å². The van der Waals surface area contributed by atoms with Crippen LogP contribution in [0.2, 0.25) is 14.8 Å². The van der Waals surface area contributed by atoms with E-state index in [1.807, 2.05) is 0 Å². The van der Waals surface area contributed by atoms with Crippen molar-refractivity contribution in [3.8, 4) is 0 Å². The quantitative estimate of drug-likeness (QED) is 0.761. The van der Waals surface area contributed by atoms with Gasteiger partial charge in [0, 0.05) is 0 Å². The average Bonchev–Trinajstić information content (AvgIpc) is 2.26. The molecule has 0 aliphatic rings. The van der Waals surface area contributed by atoms with Gasteiger partial charge in [-0.15, -0.1) is 0 Å². The summed E-state index contributed by atoms with van der Waals surface area (Å²) in [6, 6.07) is 13.4. The second-order valence-corrected chi connectivity index (χ2v) is 20.2. The number of rotatable bonds is 2. The van der Waals surface area contributed by atoms with E-state index in [1.165, 1.54) is 16.5 Å². The Bertz CT molecular complexity index is 533. The monoisotopic (exact) mass is 335 g/mol. The summed E-state index contributed by atoms with van der Waals surface area (Å²) in [5.41, 5.74) is 1.35. The van der Waals surface area contributed by atoms with Gasteiger partial charge in [-0.1, -0.05) is 0 Å². The van der Waals surface area contributed by atoms with Crippen LogP contribution in [0.1, 0.15) is 0 Å². The van der Waals surface area contributed by atoms with Crippen molar-refractivity contribution in [2.24, 2.45) is 0 Å². The molecule has 0 aliphatic heterocycles. The minimum atomic E-state index is -2.06. The first-order valence-corrected chi connectivity index (χ1v) is 16.1. The zero-order valence-electron chi connectivity index (χ0n) is 11.4. The van der Waals surface area contributed by atoms with Gasteiger partial charge >= 0.3 is 109 Å². The molecule has 90 valence electrons. The van der Waals surface area contributed by atoms with E-state index < -0.39 is 18.4 Å². The molecule has 2 rings (SSSR count). The van der Waals surface area contributed by atoms with Gasteiger partial charge in [-0.25, -0.2) is 0 Å². The molecule has 0 fully saturated rings. The Hall–Kier alpha value is -0.701. The first-order chi connectivity index (χ1) is 7.91. The van der Waals surface area contributed by atoms with Crippen LogP contribution in [0.4, 0.5) is 5.69 Å². The van der Waals surface area contributed by atoms with E-state index in [2.05, 4.69) is 70.2 Å². The molecule has 2 heteroatoms. The Morgan fingerprint density at radius 1 is 0.882 bits per heavy atom. The van der Waals surface area contributed by atoms with Crippen molar-refractivity contribution in [1.29, 1.82) is 0 Å². The van der Waals surface area contributed by atoms with Crippen molar-refractivity contribution in [3.63, 3.8) is 0 Å². The second-order valence-electron chi connectivity index (χ2n) is 5.83. The summed E-state index contributed by atoms with van der Waals surface area (Å²) >= 11 is -2.06. The first kappa shape index (κ1) is 12.7. The predicted octanol–water partition coefficient (Wildman–Crippen LogP) is 3.45. The van der Waals surface area contributed by atoms with E-state index in [4.69, 9.17) is 0 Å². The van der Waals surface area contributed by atoms with Crippen LogP contribution in [0.15, 0.2) is 36.4 Å². The third kappa shape index (κ3) is 2.44. The summed E-state index contributed by atoms with van der Waals surface area (Å²) in [4.78, 5) is 9.67. The third-order valence-electron chi connectivity index (χ3n) is 3.17. The molecule has 0 amide bonds. The molecule has 1 nitrogen and oxygen atoms in total. The van der Waals surface area contributed by atoms with E-state index in [1.54, 1.807) is 3.58 Å². The summed E-state index contributed by atoms with van der Waals surface area (Å²) in [6.45, 7) is 0. The molecule has 0 unspecified atom stereocenters. The molecular formula is C15H21NSn. The van der Waals surface area contributed by atoms with Crippen molar-refractivity contribution in [2.75, 3.05) is 19.0 Å². The van der Waals surface area contributed by atoms with Crippen molar-refractivity contribution in [3.05, 3.63) is 36.4 Å². The van der Waals surface area contributed by atoms with Crippen LogP contribution < -0.4 is 8.48 Å². The summed E-state index contributed by atoms with van der Waals surface area (Å²) in [5, 5.41) is 2.85. The predicted molar refractivity (Wildman–Crippen MR) is 81.3 cm³/mol. The van der Waals surface area contributed by atoms with Gasteiger partial charge in [0.25, 0.3) is 0 Å². The molecule has 2 aromatic rings. The van der Waals surface area contributed by atoms with Crippen LogP contribution in [0.5, 0.6) is 0 Å². The van der Waals surface area contributed by atoms with Gasteiger partial charge in [0.05, 0.1) is 0 Å². The molecule has 0 aliphatic carbocycles. The topological polar surface area (TPSA) is 3.24 Å². The maximum atomic E-state index is 2.48.